The van der Waals surface area contributed by atoms with E-state index in [1.165, 1.54) is 22.2 Å². The number of rotatable bonds is 5. The molecule has 8 heteroatoms. The summed E-state index contributed by atoms with van der Waals surface area (Å²) in [4.78, 5) is 33.3. The molecule has 1 amide bonds. The molecule has 1 aromatic carbocycles. The molecule has 0 bridgehead atoms. The largest absolute Gasteiger partial charge is 0.339 e. The molecule has 0 aliphatic heterocycles. The Balaban J connectivity index is 1.74. The summed E-state index contributed by atoms with van der Waals surface area (Å²) in [5, 5.41) is 1.72. The monoisotopic (exact) mass is 437 g/mol. The van der Waals surface area contributed by atoms with Gasteiger partial charge in [0.15, 0.2) is 0 Å². The number of thiophene rings is 1. The highest BCUT2D eigenvalue weighted by molar-refractivity contribution is 7.18. The van der Waals surface area contributed by atoms with Crippen LogP contribution in [0.2, 0.25) is 10.0 Å². The number of aromatic nitrogens is 2. The molecular weight excluding hydrogens is 417 g/mol. The number of nitrogens with zero attached hydrogens (tertiary/aromatic N) is 3. The highest BCUT2D eigenvalue weighted by Gasteiger charge is 2.20. The zero-order chi connectivity index (χ0) is 20.6. The van der Waals surface area contributed by atoms with E-state index < -0.39 is 0 Å². The van der Waals surface area contributed by atoms with Crippen molar-refractivity contribution < 1.29 is 4.79 Å². The molecule has 0 unspecified atom stereocenters. The second-order valence-corrected chi connectivity index (χ2v) is 8.85. The maximum absolute atomic E-state index is 12.8. The van der Waals surface area contributed by atoms with Crippen molar-refractivity contribution in [2.75, 3.05) is 7.05 Å². The van der Waals surface area contributed by atoms with E-state index in [1.807, 2.05) is 26.8 Å². The Kier molecular flexibility index (Phi) is 6.12. The molecule has 3 aromatic rings. The Hall–Kier alpha value is -1.89. The third kappa shape index (κ3) is 3.95. The fraction of sp³-hybridized carbons (Fsp3) is 0.350. The van der Waals surface area contributed by atoms with Crippen molar-refractivity contribution >= 4 is 50.7 Å². The molecule has 2 heterocycles. The molecule has 0 radical (unpaired) electrons. The molecule has 0 aliphatic rings. The van der Waals surface area contributed by atoms with Crippen LogP contribution in [0.15, 0.2) is 29.3 Å². The van der Waals surface area contributed by atoms with Crippen molar-refractivity contribution in [1.29, 1.82) is 0 Å². The molecular formula is C20H21Cl2N3O2S. The topological polar surface area (TPSA) is 55.2 Å². The fourth-order valence-electron chi connectivity index (χ4n) is 3.09. The van der Waals surface area contributed by atoms with Crippen molar-refractivity contribution in [1.82, 2.24) is 14.5 Å². The minimum absolute atomic E-state index is 0.0799. The van der Waals surface area contributed by atoms with Crippen LogP contribution in [-0.4, -0.2) is 27.4 Å². The van der Waals surface area contributed by atoms with Crippen LogP contribution in [-0.2, 0) is 11.3 Å². The number of halogens is 2. The first-order chi connectivity index (χ1) is 13.2. The summed E-state index contributed by atoms with van der Waals surface area (Å²) < 4.78 is 1.51. The Morgan fingerprint density at radius 2 is 2.04 bits per heavy atom. The van der Waals surface area contributed by atoms with Gasteiger partial charge in [-0.25, -0.2) is 4.98 Å². The second-order valence-electron chi connectivity index (χ2n) is 6.80. The number of carbonyl (C=O) groups is 1. The third-order valence-corrected chi connectivity index (χ3v) is 6.79. The predicted octanol–water partition coefficient (Wildman–Crippen LogP) is 4.99. The number of carbonyl (C=O) groups excluding carboxylic acids is 1. The smallest absolute Gasteiger partial charge is 0.262 e. The van der Waals surface area contributed by atoms with Crippen LogP contribution in [0.5, 0.6) is 0 Å². The maximum Gasteiger partial charge on any atom is 0.262 e. The standard InChI is InChI=1S/C20H21Cl2N3O2S/c1-11-13(3)28-19-18(11)20(27)25(10-23-19)8-7-17(26)24(4)12(2)15-6-5-14(21)9-16(15)22/h5-6,9-10,12H,7-8H2,1-4H3/t12-/m1/s1. The lowest BCUT2D eigenvalue weighted by molar-refractivity contribution is -0.132. The van der Waals surface area contributed by atoms with Crippen LogP contribution < -0.4 is 5.56 Å². The molecule has 3 rings (SSSR count). The van der Waals surface area contributed by atoms with Crippen LogP contribution in [0.25, 0.3) is 10.2 Å². The SMILES string of the molecule is Cc1sc2ncn(CCC(=O)N(C)[C@H](C)c3ccc(Cl)cc3Cl)c(=O)c2c1C. The van der Waals surface area contributed by atoms with Crippen molar-refractivity contribution in [3.63, 3.8) is 0 Å². The molecule has 0 saturated carbocycles. The van der Waals surface area contributed by atoms with Gasteiger partial charge < -0.3 is 4.90 Å². The summed E-state index contributed by atoms with van der Waals surface area (Å²) in [6, 6.07) is 5.03. The first kappa shape index (κ1) is 20.8. The van der Waals surface area contributed by atoms with Crippen molar-refractivity contribution in [3.05, 3.63) is 60.9 Å². The average Bonchev–Trinajstić information content (AvgIpc) is 2.94. The quantitative estimate of drug-likeness (QED) is 0.564. The van der Waals surface area contributed by atoms with Gasteiger partial charge in [-0.15, -0.1) is 11.3 Å². The fourth-order valence-corrected chi connectivity index (χ4v) is 4.64. The van der Waals surface area contributed by atoms with Gasteiger partial charge in [-0.1, -0.05) is 29.3 Å². The van der Waals surface area contributed by atoms with Crippen molar-refractivity contribution in [2.45, 2.75) is 39.8 Å². The molecule has 0 N–H and O–H groups in total. The number of aryl methyl sites for hydroxylation is 3. The van der Waals surface area contributed by atoms with E-state index in [-0.39, 0.29) is 30.5 Å². The highest BCUT2D eigenvalue weighted by Crippen LogP contribution is 2.29. The van der Waals surface area contributed by atoms with Crippen molar-refractivity contribution in [3.8, 4) is 0 Å². The normalized spacial score (nSPS) is 12.4. The number of amides is 1. The summed E-state index contributed by atoms with van der Waals surface area (Å²) in [6.07, 6.45) is 1.72. The van der Waals surface area contributed by atoms with Crippen LogP contribution in [0.1, 0.15) is 35.4 Å². The number of benzene rings is 1. The first-order valence-electron chi connectivity index (χ1n) is 8.86. The molecule has 0 fully saturated rings. The van der Waals surface area contributed by atoms with E-state index in [0.29, 0.717) is 15.4 Å². The van der Waals surface area contributed by atoms with E-state index in [9.17, 15) is 9.59 Å². The van der Waals surface area contributed by atoms with Gasteiger partial charge in [0.2, 0.25) is 5.91 Å². The highest BCUT2D eigenvalue weighted by atomic mass is 35.5. The van der Waals surface area contributed by atoms with Gasteiger partial charge in [0.25, 0.3) is 5.56 Å². The minimum atomic E-state index is -0.212. The number of fused-ring (bicyclic) bond motifs is 1. The molecule has 2 aromatic heterocycles. The number of hydrogen-bond donors (Lipinski definition) is 0. The van der Waals surface area contributed by atoms with Crippen molar-refractivity contribution in [2.24, 2.45) is 0 Å². The molecule has 5 nitrogen and oxygen atoms in total. The van der Waals surface area contributed by atoms with E-state index >= 15 is 0 Å². The van der Waals surface area contributed by atoms with Gasteiger partial charge in [-0.3, -0.25) is 14.2 Å². The Morgan fingerprint density at radius 1 is 1.32 bits per heavy atom. The summed E-state index contributed by atoms with van der Waals surface area (Å²) in [5.41, 5.74) is 1.68. The predicted molar refractivity (Wildman–Crippen MR) is 116 cm³/mol. The second kappa shape index (κ2) is 8.23. The van der Waals surface area contributed by atoms with E-state index in [0.717, 1.165) is 20.8 Å². The summed E-state index contributed by atoms with van der Waals surface area (Å²) in [7, 11) is 1.73. The van der Waals surface area contributed by atoms with Crippen LogP contribution in [0.4, 0.5) is 0 Å². The average molecular weight is 438 g/mol. The van der Waals surface area contributed by atoms with E-state index in [1.54, 1.807) is 24.1 Å². The minimum Gasteiger partial charge on any atom is -0.339 e. The summed E-state index contributed by atoms with van der Waals surface area (Å²) in [6.45, 7) is 6.09. The Bertz CT molecular complexity index is 1110. The molecule has 0 spiro atoms. The third-order valence-electron chi connectivity index (χ3n) is 5.11. The lowest BCUT2D eigenvalue weighted by Gasteiger charge is -2.26. The van der Waals surface area contributed by atoms with Gasteiger partial charge in [0, 0.05) is 34.9 Å². The molecule has 148 valence electrons. The molecule has 1 atom stereocenters. The lowest BCUT2D eigenvalue weighted by Crippen LogP contribution is -2.31. The Labute approximate surface area is 177 Å². The summed E-state index contributed by atoms with van der Waals surface area (Å²) in [5.74, 6) is -0.0799. The van der Waals surface area contributed by atoms with Crippen LogP contribution in [0.3, 0.4) is 0 Å². The van der Waals surface area contributed by atoms with E-state index in [2.05, 4.69) is 4.98 Å². The van der Waals surface area contributed by atoms with Gasteiger partial charge in [-0.2, -0.15) is 0 Å². The summed E-state index contributed by atoms with van der Waals surface area (Å²) >= 11 is 13.7. The zero-order valence-corrected chi connectivity index (χ0v) is 18.5. The molecule has 28 heavy (non-hydrogen) atoms. The van der Waals surface area contributed by atoms with Crippen LogP contribution in [0, 0.1) is 13.8 Å². The number of hydrogen-bond acceptors (Lipinski definition) is 4. The lowest BCUT2D eigenvalue weighted by atomic mass is 10.1. The van der Waals surface area contributed by atoms with Gasteiger partial charge in [-0.05, 0) is 44.0 Å². The van der Waals surface area contributed by atoms with Gasteiger partial charge in [0.05, 0.1) is 17.8 Å². The first-order valence-corrected chi connectivity index (χ1v) is 10.4. The molecule has 0 saturated heterocycles. The van der Waals surface area contributed by atoms with E-state index in [4.69, 9.17) is 23.2 Å². The van der Waals surface area contributed by atoms with Gasteiger partial charge >= 0.3 is 0 Å². The molecule has 0 aliphatic carbocycles. The van der Waals surface area contributed by atoms with Crippen LogP contribution >= 0.6 is 34.5 Å². The Morgan fingerprint density at radius 3 is 2.71 bits per heavy atom. The maximum atomic E-state index is 12.8. The van der Waals surface area contributed by atoms with Gasteiger partial charge in [0.1, 0.15) is 4.83 Å². The zero-order valence-electron chi connectivity index (χ0n) is 16.1.